The van der Waals surface area contributed by atoms with Crippen molar-refractivity contribution in [3.8, 4) is 11.5 Å². The third-order valence-corrected chi connectivity index (χ3v) is 3.90. The van der Waals surface area contributed by atoms with E-state index in [4.69, 9.17) is 14.2 Å². The molecule has 7 heteroatoms. The fourth-order valence-corrected chi connectivity index (χ4v) is 2.74. The van der Waals surface area contributed by atoms with Crippen LogP contribution in [0.4, 0.5) is 0 Å². The summed E-state index contributed by atoms with van der Waals surface area (Å²) in [5.41, 5.74) is 4.34. The first-order valence-corrected chi connectivity index (χ1v) is 8.74. The van der Waals surface area contributed by atoms with E-state index in [1.807, 2.05) is 24.0 Å². The number of nitrogens with one attached hydrogen (secondary N) is 1. The van der Waals surface area contributed by atoms with Gasteiger partial charge in [0.1, 0.15) is 0 Å². The van der Waals surface area contributed by atoms with Crippen LogP contribution in [-0.4, -0.2) is 63.6 Å². The summed E-state index contributed by atoms with van der Waals surface area (Å²) in [5.74, 6) is 1.20. The molecule has 1 saturated heterocycles. The van der Waals surface area contributed by atoms with Gasteiger partial charge in [-0.2, -0.15) is 5.10 Å². The number of hydrazone groups is 1. The van der Waals surface area contributed by atoms with Crippen molar-refractivity contribution in [2.75, 3.05) is 46.6 Å². The summed E-state index contributed by atoms with van der Waals surface area (Å²) in [6.07, 6.45) is 4.05. The minimum atomic E-state index is -0.145. The van der Waals surface area contributed by atoms with Crippen LogP contribution in [0.1, 0.15) is 18.1 Å². The average molecular weight is 361 g/mol. The molecule has 0 aromatic heterocycles. The Morgan fingerprint density at radius 1 is 1.42 bits per heavy atom. The zero-order chi connectivity index (χ0) is 18.8. The van der Waals surface area contributed by atoms with Crippen LogP contribution in [0.15, 0.2) is 29.9 Å². The number of benzene rings is 1. The highest BCUT2D eigenvalue weighted by Gasteiger charge is 2.14. The summed E-state index contributed by atoms with van der Waals surface area (Å²) in [6.45, 7) is 9.38. The van der Waals surface area contributed by atoms with Gasteiger partial charge in [0.25, 0.3) is 5.91 Å². The molecule has 26 heavy (non-hydrogen) atoms. The van der Waals surface area contributed by atoms with Crippen LogP contribution in [-0.2, 0) is 16.0 Å². The van der Waals surface area contributed by atoms with Gasteiger partial charge < -0.3 is 14.2 Å². The lowest BCUT2D eigenvalue weighted by Crippen LogP contribution is -2.42. The largest absolute Gasteiger partial charge is 0.493 e. The highest BCUT2D eigenvalue weighted by Crippen LogP contribution is 2.33. The molecule has 1 aromatic rings. The molecule has 2 rings (SSSR count). The number of carbonyl (C=O) groups excluding carboxylic acids is 1. The Labute approximate surface area is 154 Å². The number of hydrogen-bond donors (Lipinski definition) is 1. The molecule has 0 unspecified atom stereocenters. The fourth-order valence-electron chi connectivity index (χ4n) is 2.74. The fraction of sp³-hybridized carbons (Fsp3) is 0.474. The monoisotopic (exact) mass is 361 g/mol. The Kier molecular flexibility index (Phi) is 8.11. The van der Waals surface area contributed by atoms with Gasteiger partial charge in [0.15, 0.2) is 11.5 Å². The van der Waals surface area contributed by atoms with Gasteiger partial charge in [0.05, 0.1) is 39.7 Å². The number of allylic oxidation sites excluding steroid dienone is 1. The Morgan fingerprint density at radius 3 is 2.85 bits per heavy atom. The van der Waals surface area contributed by atoms with Gasteiger partial charge in [-0.3, -0.25) is 9.69 Å². The molecule has 0 radical (unpaired) electrons. The van der Waals surface area contributed by atoms with Gasteiger partial charge in [-0.1, -0.05) is 6.08 Å². The predicted molar refractivity (Wildman–Crippen MR) is 101 cm³/mol. The lowest BCUT2D eigenvalue weighted by molar-refractivity contribution is -0.123. The lowest BCUT2D eigenvalue weighted by Gasteiger charge is -2.25. The summed E-state index contributed by atoms with van der Waals surface area (Å²) in [6, 6.07) is 3.78. The number of ether oxygens (including phenoxy) is 3. The molecule has 0 spiro atoms. The lowest BCUT2D eigenvalue weighted by atomic mass is 10.1. The minimum absolute atomic E-state index is 0.145. The van der Waals surface area contributed by atoms with E-state index in [9.17, 15) is 4.79 Å². The molecule has 1 aliphatic heterocycles. The van der Waals surface area contributed by atoms with Crippen molar-refractivity contribution in [3.05, 3.63) is 35.9 Å². The van der Waals surface area contributed by atoms with Gasteiger partial charge in [-0.25, -0.2) is 5.43 Å². The summed E-state index contributed by atoms with van der Waals surface area (Å²) in [4.78, 5) is 14.0. The molecule has 1 N–H and O–H groups in total. The van der Waals surface area contributed by atoms with Crippen molar-refractivity contribution in [2.24, 2.45) is 5.10 Å². The molecule has 1 aliphatic rings. The van der Waals surface area contributed by atoms with Crippen molar-refractivity contribution in [2.45, 2.75) is 13.3 Å². The Morgan fingerprint density at radius 2 is 2.19 bits per heavy atom. The van der Waals surface area contributed by atoms with Gasteiger partial charge in [0, 0.05) is 18.7 Å². The van der Waals surface area contributed by atoms with Crippen molar-refractivity contribution < 1.29 is 19.0 Å². The molecule has 1 aromatic carbocycles. The third-order valence-electron chi connectivity index (χ3n) is 3.90. The smallest absolute Gasteiger partial charge is 0.254 e. The molecule has 0 bridgehead atoms. The number of hydrogen-bond acceptors (Lipinski definition) is 6. The first-order chi connectivity index (χ1) is 12.7. The topological polar surface area (TPSA) is 72.4 Å². The SMILES string of the molecule is C=CCc1cc(/C=N/NC(=O)CN2CCOCC2)cc(OCC)c1OC. The summed E-state index contributed by atoms with van der Waals surface area (Å²) in [7, 11) is 1.62. The number of carbonyl (C=O) groups is 1. The third kappa shape index (κ3) is 5.86. The minimum Gasteiger partial charge on any atom is -0.493 e. The van der Waals surface area contributed by atoms with Crippen molar-refractivity contribution in [1.82, 2.24) is 10.3 Å². The van der Waals surface area contributed by atoms with Crippen molar-refractivity contribution in [1.29, 1.82) is 0 Å². The first kappa shape index (κ1) is 19.9. The van der Waals surface area contributed by atoms with E-state index in [0.717, 1.165) is 24.2 Å². The van der Waals surface area contributed by atoms with Gasteiger partial charge in [-0.05, 0) is 31.0 Å². The van der Waals surface area contributed by atoms with E-state index < -0.39 is 0 Å². The molecule has 142 valence electrons. The number of rotatable bonds is 9. The highest BCUT2D eigenvalue weighted by atomic mass is 16.5. The Balaban J connectivity index is 2.03. The van der Waals surface area contributed by atoms with E-state index >= 15 is 0 Å². The molecule has 0 atom stereocenters. The second-order valence-electron chi connectivity index (χ2n) is 5.82. The number of methoxy groups -OCH3 is 1. The van der Waals surface area contributed by atoms with E-state index in [0.29, 0.717) is 44.3 Å². The molecule has 1 fully saturated rings. The Hall–Kier alpha value is -2.38. The van der Waals surface area contributed by atoms with E-state index in [1.54, 1.807) is 19.4 Å². The number of amides is 1. The second-order valence-corrected chi connectivity index (χ2v) is 5.82. The van der Waals surface area contributed by atoms with E-state index in [2.05, 4.69) is 17.1 Å². The molecule has 1 heterocycles. The molecule has 1 amide bonds. The van der Waals surface area contributed by atoms with Crippen LogP contribution in [0.2, 0.25) is 0 Å². The molecule has 0 aliphatic carbocycles. The highest BCUT2D eigenvalue weighted by molar-refractivity contribution is 5.84. The van der Waals surface area contributed by atoms with Crippen LogP contribution >= 0.6 is 0 Å². The maximum Gasteiger partial charge on any atom is 0.254 e. The van der Waals surface area contributed by atoms with Crippen molar-refractivity contribution >= 4 is 12.1 Å². The number of nitrogens with zero attached hydrogens (tertiary/aromatic N) is 2. The summed E-state index contributed by atoms with van der Waals surface area (Å²) >= 11 is 0. The standard InChI is InChI=1S/C19H27N3O4/c1-4-6-16-11-15(12-17(26-5-2)19(16)24-3)13-20-21-18(23)14-22-7-9-25-10-8-22/h4,11-13H,1,5-10,14H2,2-3H3,(H,21,23)/b20-13+. The maximum absolute atomic E-state index is 12.0. The van der Waals surface area contributed by atoms with Gasteiger partial charge in [-0.15, -0.1) is 6.58 Å². The van der Waals surface area contributed by atoms with Crippen LogP contribution in [0.3, 0.4) is 0 Å². The normalized spacial score (nSPS) is 15.0. The molecular weight excluding hydrogens is 334 g/mol. The van der Waals surface area contributed by atoms with Crippen LogP contribution in [0.25, 0.3) is 0 Å². The number of morpholine rings is 1. The van der Waals surface area contributed by atoms with Crippen LogP contribution in [0.5, 0.6) is 11.5 Å². The summed E-state index contributed by atoms with van der Waals surface area (Å²) < 4.78 is 16.4. The zero-order valence-electron chi connectivity index (χ0n) is 15.5. The molecule has 7 nitrogen and oxygen atoms in total. The quantitative estimate of drug-likeness (QED) is 0.411. The zero-order valence-corrected chi connectivity index (χ0v) is 15.5. The van der Waals surface area contributed by atoms with Gasteiger partial charge >= 0.3 is 0 Å². The summed E-state index contributed by atoms with van der Waals surface area (Å²) in [5, 5.41) is 4.06. The van der Waals surface area contributed by atoms with E-state index in [-0.39, 0.29) is 5.91 Å². The van der Waals surface area contributed by atoms with Crippen LogP contribution < -0.4 is 14.9 Å². The first-order valence-electron chi connectivity index (χ1n) is 8.74. The Bertz CT molecular complexity index is 640. The van der Waals surface area contributed by atoms with E-state index in [1.165, 1.54) is 0 Å². The molecule has 0 saturated carbocycles. The van der Waals surface area contributed by atoms with Crippen LogP contribution in [0, 0.1) is 0 Å². The predicted octanol–water partition coefficient (Wildman–Crippen LogP) is 1.60. The average Bonchev–Trinajstić information content (AvgIpc) is 2.63. The van der Waals surface area contributed by atoms with Crippen molar-refractivity contribution in [3.63, 3.8) is 0 Å². The molecular formula is C19H27N3O4. The second kappa shape index (κ2) is 10.6. The van der Waals surface area contributed by atoms with Gasteiger partial charge in [0.2, 0.25) is 0 Å². The maximum atomic E-state index is 12.0.